The second kappa shape index (κ2) is 7.00. The number of pyridine rings is 1. The number of hydrogen-bond donors (Lipinski definition) is 0. The Morgan fingerprint density at radius 1 is 0.967 bits per heavy atom. The first-order valence-corrected chi connectivity index (χ1v) is 9.29. The van der Waals surface area contributed by atoms with Crippen LogP contribution in [0.3, 0.4) is 0 Å². The van der Waals surface area contributed by atoms with Gasteiger partial charge in [0.2, 0.25) is 0 Å². The van der Waals surface area contributed by atoms with Crippen LogP contribution < -0.4 is 10.4 Å². The van der Waals surface area contributed by atoms with Gasteiger partial charge in [0, 0.05) is 22.9 Å². The molecule has 0 atom stereocenters. The van der Waals surface area contributed by atoms with Crippen molar-refractivity contribution in [3.05, 3.63) is 94.5 Å². The number of para-hydroxylation sites is 1. The molecule has 0 aliphatic heterocycles. The predicted octanol–water partition coefficient (Wildman–Crippen LogP) is 5.13. The Labute approximate surface area is 170 Å². The first kappa shape index (κ1) is 17.9. The molecule has 3 aromatic heterocycles. The van der Waals surface area contributed by atoms with Gasteiger partial charge < -0.3 is 13.6 Å². The molecule has 0 unspecified atom stereocenters. The summed E-state index contributed by atoms with van der Waals surface area (Å²) in [4.78, 5) is 29.3. The molecule has 0 aliphatic carbocycles. The highest BCUT2D eigenvalue weighted by atomic mass is 16.5. The molecule has 0 bridgehead atoms. The van der Waals surface area contributed by atoms with Crippen molar-refractivity contribution in [1.29, 1.82) is 0 Å². The quantitative estimate of drug-likeness (QED) is 0.238. The molecule has 0 spiro atoms. The Kier molecular flexibility index (Phi) is 4.17. The van der Waals surface area contributed by atoms with E-state index in [-0.39, 0.29) is 5.75 Å². The van der Waals surface area contributed by atoms with Crippen molar-refractivity contribution in [2.45, 2.75) is 6.92 Å². The highest BCUT2D eigenvalue weighted by Crippen LogP contribution is 2.27. The zero-order valence-corrected chi connectivity index (χ0v) is 15.9. The van der Waals surface area contributed by atoms with Crippen LogP contribution in [0.4, 0.5) is 0 Å². The predicted molar refractivity (Wildman–Crippen MR) is 112 cm³/mol. The van der Waals surface area contributed by atoms with E-state index >= 15 is 0 Å². The summed E-state index contributed by atoms with van der Waals surface area (Å²) in [6.45, 7) is 1.82. The van der Waals surface area contributed by atoms with E-state index in [2.05, 4.69) is 4.98 Å². The van der Waals surface area contributed by atoms with Gasteiger partial charge in [0.25, 0.3) is 0 Å². The number of carbonyl (C=O) groups excluding carboxylic acids is 1. The molecular weight excluding hydrogens is 382 g/mol. The molecular formula is C24H15NO5. The van der Waals surface area contributed by atoms with E-state index in [1.807, 2.05) is 31.2 Å². The number of ether oxygens (including phenoxy) is 1. The van der Waals surface area contributed by atoms with E-state index < -0.39 is 11.6 Å². The number of aromatic nitrogens is 1. The monoisotopic (exact) mass is 397 g/mol. The number of rotatable bonds is 3. The number of carbonyl (C=O) groups is 1. The summed E-state index contributed by atoms with van der Waals surface area (Å²) in [6.07, 6.45) is 1.55. The van der Waals surface area contributed by atoms with Gasteiger partial charge in [-0.15, -0.1) is 0 Å². The maximum Gasteiger partial charge on any atom is 0.344 e. The van der Waals surface area contributed by atoms with Gasteiger partial charge in [0.05, 0.1) is 17.3 Å². The fourth-order valence-electron chi connectivity index (χ4n) is 3.43. The number of aryl methyl sites for hydroxylation is 1. The number of furan rings is 1. The molecule has 146 valence electrons. The van der Waals surface area contributed by atoms with E-state index in [0.717, 1.165) is 10.9 Å². The number of hydrogen-bond acceptors (Lipinski definition) is 6. The fourth-order valence-corrected chi connectivity index (χ4v) is 3.43. The molecule has 0 aliphatic rings. The molecule has 3 heterocycles. The molecule has 0 saturated heterocycles. The second-order valence-corrected chi connectivity index (χ2v) is 6.85. The van der Waals surface area contributed by atoms with Crippen molar-refractivity contribution in [3.8, 4) is 17.2 Å². The molecule has 0 fully saturated rings. The van der Waals surface area contributed by atoms with Gasteiger partial charge in [0.15, 0.2) is 5.76 Å². The molecule has 6 heteroatoms. The number of fused-ring (bicyclic) bond motifs is 2. The maximum atomic E-state index is 13.0. The van der Waals surface area contributed by atoms with Crippen LogP contribution >= 0.6 is 0 Å². The fraction of sp³-hybridized carbons (Fsp3) is 0.0417. The van der Waals surface area contributed by atoms with Crippen LogP contribution in [0.5, 0.6) is 5.75 Å². The third kappa shape index (κ3) is 3.14. The minimum Gasteiger partial charge on any atom is -0.463 e. The SMILES string of the molecule is Cc1cc(=O)oc2cc(OC(=O)c3cc(-c4ccco4)nc4ccccc34)ccc12. The van der Waals surface area contributed by atoms with E-state index in [9.17, 15) is 9.59 Å². The van der Waals surface area contributed by atoms with Crippen molar-refractivity contribution >= 4 is 27.8 Å². The lowest BCUT2D eigenvalue weighted by Gasteiger charge is -2.09. The van der Waals surface area contributed by atoms with Crippen molar-refractivity contribution < 1.29 is 18.4 Å². The van der Waals surface area contributed by atoms with Crippen LogP contribution in [0, 0.1) is 6.92 Å². The zero-order chi connectivity index (χ0) is 20.7. The summed E-state index contributed by atoms with van der Waals surface area (Å²) in [5.41, 5.74) is 2.25. The van der Waals surface area contributed by atoms with Crippen molar-refractivity contribution in [3.63, 3.8) is 0 Å². The molecule has 0 amide bonds. The Hall–Kier alpha value is -4.19. The Morgan fingerprint density at radius 2 is 1.83 bits per heavy atom. The molecule has 2 aromatic carbocycles. The number of benzene rings is 2. The molecule has 0 N–H and O–H groups in total. The molecule has 5 rings (SSSR count). The summed E-state index contributed by atoms with van der Waals surface area (Å²) in [5.74, 6) is 0.287. The lowest BCUT2D eigenvalue weighted by Crippen LogP contribution is -2.10. The topological polar surface area (TPSA) is 82.5 Å². The van der Waals surface area contributed by atoms with E-state index in [0.29, 0.717) is 33.5 Å². The summed E-state index contributed by atoms with van der Waals surface area (Å²) in [5, 5.41) is 1.45. The van der Waals surface area contributed by atoms with Gasteiger partial charge in [-0.05, 0) is 48.9 Å². The van der Waals surface area contributed by atoms with E-state index in [1.54, 1.807) is 42.7 Å². The van der Waals surface area contributed by atoms with Crippen molar-refractivity contribution in [2.75, 3.05) is 0 Å². The minimum absolute atomic E-state index is 0.279. The molecule has 5 aromatic rings. The Balaban J connectivity index is 1.58. The average molecular weight is 397 g/mol. The van der Waals surface area contributed by atoms with Crippen LogP contribution in [-0.2, 0) is 0 Å². The molecule has 30 heavy (non-hydrogen) atoms. The van der Waals surface area contributed by atoms with Gasteiger partial charge in [-0.3, -0.25) is 0 Å². The standard InChI is InChI=1S/C24H15NO5/c1-14-11-23(26)30-22-12-15(8-9-16(14)22)29-24(27)18-13-20(21-7-4-10-28-21)25-19-6-3-2-5-17(18)19/h2-13H,1H3. The number of nitrogens with zero attached hydrogens (tertiary/aromatic N) is 1. The number of esters is 1. The van der Waals surface area contributed by atoms with E-state index in [4.69, 9.17) is 13.6 Å². The van der Waals surface area contributed by atoms with Gasteiger partial charge in [0.1, 0.15) is 17.0 Å². The van der Waals surface area contributed by atoms with Gasteiger partial charge in [-0.1, -0.05) is 18.2 Å². The van der Waals surface area contributed by atoms with Crippen molar-refractivity contribution in [1.82, 2.24) is 4.98 Å². The van der Waals surface area contributed by atoms with Crippen LogP contribution in [0.15, 0.2) is 86.6 Å². The van der Waals surface area contributed by atoms with Crippen molar-refractivity contribution in [2.24, 2.45) is 0 Å². The van der Waals surface area contributed by atoms with Gasteiger partial charge in [-0.25, -0.2) is 14.6 Å². The Morgan fingerprint density at radius 3 is 2.67 bits per heavy atom. The first-order valence-electron chi connectivity index (χ1n) is 9.29. The van der Waals surface area contributed by atoms with Crippen LogP contribution in [0.25, 0.3) is 33.3 Å². The zero-order valence-electron chi connectivity index (χ0n) is 15.9. The summed E-state index contributed by atoms with van der Waals surface area (Å²) in [6, 6.07) is 18.9. The third-order valence-corrected chi connectivity index (χ3v) is 4.84. The molecule has 0 radical (unpaired) electrons. The normalized spacial score (nSPS) is 11.1. The summed E-state index contributed by atoms with van der Waals surface area (Å²) >= 11 is 0. The van der Waals surface area contributed by atoms with Crippen LogP contribution in [0.1, 0.15) is 15.9 Å². The lowest BCUT2D eigenvalue weighted by molar-refractivity contribution is 0.0737. The van der Waals surface area contributed by atoms with Crippen LogP contribution in [0.2, 0.25) is 0 Å². The summed E-state index contributed by atoms with van der Waals surface area (Å²) in [7, 11) is 0. The first-order chi connectivity index (χ1) is 14.6. The average Bonchev–Trinajstić information content (AvgIpc) is 3.27. The second-order valence-electron chi connectivity index (χ2n) is 6.85. The van der Waals surface area contributed by atoms with Crippen LogP contribution in [-0.4, -0.2) is 11.0 Å². The lowest BCUT2D eigenvalue weighted by atomic mass is 10.1. The van der Waals surface area contributed by atoms with E-state index in [1.165, 1.54) is 6.07 Å². The molecule has 0 saturated carbocycles. The van der Waals surface area contributed by atoms with Gasteiger partial charge in [-0.2, -0.15) is 0 Å². The smallest absolute Gasteiger partial charge is 0.344 e. The highest BCUT2D eigenvalue weighted by molar-refractivity contribution is 6.05. The Bertz CT molecular complexity index is 1460. The molecule has 6 nitrogen and oxygen atoms in total. The highest BCUT2D eigenvalue weighted by Gasteiger charge is 2.17. The largest absolute Gasteiger partial charge is 0.463 e. The third-order valence-electron chi connectivity index (χ3n) is 4.84. The summed E-state index contributed by atoms with van der Waals surface area (Å²) < 4.78 is 16.3. The van der Waals surface area contributed by atoms with Gasteiger partial charge >= 0.3 is 11.6 Å². The minimum atomic E-state index is -0.546. The maximum absolute atomic E-state index is 13.0.